The maximum Gasteiger partial charge on any atom is 0.217 e. The van der Waals surface area contributed by atoms with E-state index in [1.54, 1.807) is 12.1 Å². The van der Waals surface area contributed by atoms with Gasteiger partial charge in [0.05, 0.1) is 0 Å². The molecule has 0 bridgehead atoms. The highest BCUT2D eigenvalue weighted by Crippen LogP contribution is 2.23. The van der Waals surface area contributed by atoms with Crippen molar-refractivity contribution in [3.8, 4) is 0 Å². The molecule has 2 heterocycles. The summed E-state index contributed by atoms with van der Waals surface area (Å²) in [6.07, 6.45) is 3.62. The Morgan fingerprint density at radius 3 is 3.17 bits per heavy atom. The number of nitrogens with zero attached hydrogens (tertiary/aromatic N) is 1. The number of halogens is 1. The molecule has 0 spiro atoms. The highest BCUT2D eigenvalue weighted by atomic mass is 19.1. The predicted octanol–water partition coefficient (Wildman–Crippen LogP) is 1.65. The first-order valence-electron chi connectivity index (χ1n) is 4.22. The summed E-state index contributed by atoms with van der Waals surface area (Å²) in [4.78, 5) is 3.62. The molecule has 0 amide bonds. The van der Waals surface area contributed by atoms with E-state index in [0.29, 0.717) is 5.56 Å². The number of hydrogen-bond donors (Lipinski definition) is 1. The Kier molecular flexibility index (Phi) is 2.04. The van der Waals surface area contributed by atoms with Crippen molar-refractivity contribution >= 4 is 0 Å². The first-order valence-corrected chi connectivity index (χ1v) is 4.22. The van der Waals surface area contributed by atoms with Crippen LogP contribution in [0.3, 0.4) is 0 Å². The largest absolute Gasteiger partial charge is 0.310 e. The van der Waals surface area contributed by atoms with E-state index < -0.39 is 0 Å². The van der Waals surface area contributed by atoms with E-state index >= 15 is 0 Å². The summed E-state index contributed by atoms with van der Waals surface area (Å²) >= 11 is 0. The lowest BCUT2D eigenvalue weighted by Crippen LogP contribution is -2.14. The Morgan fingerprint density at radius 1 is 1.58 bits per heavy atom. The lowest BCUT2D eigenvalue weighted by Gasteiger charge is -2.09. The number of aromatic nitrogens is 1. The van der Waals surface area contributed by atoms with E-state index in [2.05, 4.69) is 10.3 Å². The normalized spacial score (nSPS) is 22.9. The topological polar surface area (TPSA) is 24.9 Å². The standard InChI is InChI=1S/C9H11FN2/c10-9-7(3-1-6-12-9)8-4-2-5-11-8/h1,3,6,8,11H,2,4-5H2/t8-/m0/s1. The van der Waals surface area contributed by atoms with Crippen molar-refractivity contribution in [1.29, 1.82) is 0 Å². The molecule has 1 aromatic rings. The van der Waals surface area contributed by atoms with Gasteiger partial charge in [-0.25, -0.2) is 4.98 Å². The minimum absolute atomic E-state index is 0.179. The van der Waals surface area contributed by atoms with Crippen molar-refractivity contribution in [2.24, 2.45) is 0 Å². The van der Waals surface area contributed by atoms with Gasteiger partial charge in [0.15, 0.2) is 0 Å². The van der Waals surface area contributed by atoms with Crippen LogP contribution in [0.2, 0.25) is 0 Å². The van der Waals surface area contributed by atoms with E-state index in [1.807, 2.05) is 0 Å². The third kappa shape index (κ3) is 1.32. The zero-order valence-electron chi connectivity index (χ0n) is 6.76. The van der Waals surface area contributed by atoms with E-state index in [9.17, 15) is 4.39 Å². The van der Waals surface area contributed by atoms with Crippen LogP contribution < -0.4 is 5.32 Å². The van der Waals surface area contributed by atoms with Crippen LogP contribution in [0.1, 0.15) is 24.4 Å². The van der Waals surface area contributed by atoms with E-state index in [0.717, 1.165) is 19.4 Å². The second-order valence-corrected chi connectivity index (χ2v) is 3.03. The van der Waals surface area contributed by atoms with Gasteiger partial charge in [-0.3, -0.25) is 0 Å². The van der Waals surface area contributed by atoms with Crippen LogP contribution in [-0.4, -0.2) is 11.5 Å². The average molecular weight is 166 g/mol. The maximum atomic E-state index is 13.1. The SMILES string of the molecule is Fc1ncccc1[C@@H]1CCCN1. The minimum Gasteiger partial charge on any atom is -0.310 e. The van der Waals surface area contributed by atoms with Crippen molar-refractivity contribution in [2.45, 2.75) is 18.9 Å². The van der Waals surface area contributed by atoms with Crippen LogP contribution >= 0.6 is 0 Å². The van der Waals surface area contributed by atoms with Crippen molar-refractivity contribution in [2.75, 3.05) is 6.54 Å². The maximum absolute atomic E-state index is 13.1. The first-order chi connectivity index (χ1) is 5.88. The fourth-order valence-electron chi connectivity index (χ4n) is 1.61. The Morgan fingerprint density at radius 2 is 2.50 bits per heavy atom. The first kappa shape index (κ1) is 7.68. The molecule has 12 heavy (non-hydrogen) atoms. The third-order valence-corrected chi connectivity index (χ3v) is 2.22. The smallest absolute Gasteiger partial charge is 0.217 e. The molecular weight excluding hydrogens is 155 g/mol. The highest BCUT2D eigenvalue weighted by Gasteiger charge is 2.19. The molecule has 3 heteroatoms. The molecule has 1 aliphatic rings. The molecule has 0 aliphatic carbocycles. The molecule has 0 unspecified atom stereocenters. The lowest BCUT2D eigenvalue weighted by atomic mass is 10.1. The number of hydrogen-bond acceptors (Lipinski definition) is 2. The summed E-state index contributed by atoms with van der Waals surface area (Å²) < 4.78 is 13.1. The molecule has 1 saturated heterocycles. The Bertz CT molecular complexity index is 269. The van der Waals surface area contributed by atoms with Gasteiger partial charge in [0.25, 0.3) is 0 Å². The van der Waals surface area contributed by atoms with Gasteiger partial charge in [-0.15, -0.1) is 0 Å². The number of pyridine rings is 1. The summed E-state index contributed by atoms with van der Waals surface area (Å²) in [6, 6.07) is 3.75. The van der Waals surface area contributed by atoms with Crippen LogP contribution in [0.15, 0.2) is 18.3 Å². The summed E-state index contributed by atoms with van der Waals surface area (Å²) in [5, 5.41) is 3.23. The summed E-state index contributed by atoms with van der Waals surface area (Å²) in [5.74, 6) is -0.336. The van der Waals surface area contributed by atoms with Crippen molar-refractivity contribution in [3.63, 3.8) is 0 Å². The van der Waals surface area contributed by atoms with Gasteiger partial charge in [0, 0.05) is 17.8 Å². The quantitative estimate of drug-likeness (QED) is 0.641. The van der Waals surface area contributed by atoms with Crippen molar-refractivity contribution in [1.82, 2.24) is 10.3 Å². The fourth-order valence-corrected chi connectivity index (χ4v) is 1.61. The van der Waals surface area contributed by atoms with Gasteiger partial charge in [0.2, 0.25) is 5.95 Å². The Hall–Kier alpha value is -0.960. The molecule has 0 radical (unpaired) electrons. The number of nitrogens with one attached hydrogen (secondary N) is 1. The van der Waals surface area contributed by atoms with E-state index in [1.165, 1.54) is 6.20 Å². The minimum atomic E-state index is -0.336. The van der Waals surface area contributed by atoms with Crippen molar-refractivity contribution < 1.29 is 4.39 Å². The molecule has 64 valence electrons. The number of rotatable bonds is 1. The van der Waals surface area contributed by atoms with E-state index in [4.69, 9.17) is 0 Å². The lowest BCUT2D eigenvalue weighted by molar-refractivity contribution is 0.528. The summed E-state index contributed by atoms with van der Waals surface area (Å²) in [5.41, 5.74) is 0.704. The highest BCUT2D eigenvalue weighted by molar-refractivity contribution is 5.16. The van der Waals surface area contributed by atoms with Gasteiger partial charge in [-0.05, 0) is 25.5 Å². The molecule has 1 N–H and O–H groups in total. The van der Waals surface area contributed by atoms with Crippen LogP contribution in [0.25, 0.3) is 0 Å². The van der Waals surface area contributed by atoms with Crippen LogP contribution in [0.5, 0.6) is 0 Å². The van der Waals surface area contributed by atoms with E-state index in [-0.39, 0.29) is 12.0 Å². The molecule has 1 aromatic heterocycles. The molecule has 2 rings (SSSR count). The molecule has 1 atom stereocenters. The predicted molar refractivity (Wildman–Crippen MR) is 44.2 cm³/mol. The monoisotopic (exact) mass is 166 g/mol. The van der Waals surface area contributed by atoms with Gasteiger partial charge < -0.3 is 5.32 Å². The molecule has 2 nitrogen and oxygen atoms in total. The van der Waals surface area contributed by atoms with Crippen molar-refractivity contribution in [3.05, 3.63) is 29.8 Å². The average Bonchev–Trinajstić information content (AvgIpc) is 2.57. The molecular formula is C9H11FN2. The molecule has 1 fully saturated rings. The second kappa shape index (κ2) is 3.19. The third-order valence-electron chi connectivity index (χ3n) is 2.22. The van der Waals surface area contributed by atoms with Gasteiger partial charge in [0.1, 0.15) is 0 Å². The molecule has 0 saturated carbocycles. The zero-order valence-corrected chi connectivity index (χ0v) is 6.76. The van der Waals surface area contributed by atoms with Crippen LogP contribution in [0, 0.1) is 5.95 Å². The fraction of sp³-hybridized carbons (Fsp3) is 0.444. The summed E-state index contributed by atoms with van der Waals surface area (Å²) in [7, 11) is 0. The summed E-state index contributed by atoms with van der Waals surface area (Å²) in [6.45, 7) is 0.985. The van der Waals surface area contributed by atoms with Gasteiger partial charge in [-0.1, -0.05) is 6.07 Å². The Balaban J connectivity index is 2.26. The van der Waals surface area contributed by atoms with Gasteiger partial charge >= 0.3 is 0 Å². The van der Waals surface area contributed by atoms with Gasteiger partial charge in [-0.2, -0.15) is 4.39 Å². The van der Waals surface area contributed by atoms with Crippen LogP contribution in [-0.2, 0) is 0 Å². The van der Waals surface area contributed by atoms with Crippen LogP contribution in [0.4, 0.5) is 4.39 Å². The zero-order chi connectivity index (χ0) is 8.39. The Labute approximate surface area is 70.8 Å². The molecule has 0 aromatic carbocycles. The molecule has 1 aliphatic heterocycles. The second-order valence-electron chi connectivity index (χ2n) is 3.03.